The van der Waals surface area contributed by atoms with Gasteiger partial charge in [0.1, 0.15) is 5.60 Å². The fraction of sp³-hybridized carbons (Fsp3) is 0.706. The number of aryl methyl sites for hydroxylation is 1. The van der Waals surface area contributed by atoms with Crippen LogP contribution in [0.3, 0.4) is 0 Å². The SMILES string of the molecule is Cc1ccc(CNC2CCCC(NC(=O)OC(C)(C)C)C2)s1. The van der Waals surface area contributed by atoms with Crippen LogP contribution >= 0.6 is 11.3 Å². The molecule has 1 aliphatic carbocycles. The highest BCUT2D eigenvalue weighted by molar-refractivity contribution is 7.11. The lowest BCUT2D eigenvalue weighted by molar-refractivity contribution is 0.0488. The molecule has 1 amide bonds. The molecule has 5 heteroatoms. The third kappa shape index (κ3) is 5.97. The number of ether oxygens (including phenoxy) is 1. The van der Waals surface area contributed by atoms with E-state index in [1.54, 1.807) is 0 Å². The zero-order valence-corrected chi connectivity index (χ0v) is 14.9. The molecule has 0 radical (unpaired) electrons. The van der Waals surface area contributed by atoms with Crippen molar-refractivity contribution in [3.8, 4) is 0 Å². The van der Waals surface area contributed by atoms with E-state index in [1.165, 1.54) is 16.2 Å². The Morgan fingerprint density at radius 3 is 2.68 bits per heavy atom. The van der Waals surface area contributed by atoms with Crippen molar-refractivity contribution in [3.63, 3.8) is 0 Å². The van der Waals surface area contributed by atoms with Gasteiger partial charge in [-0.2, -0.15) is 0 Å². The Labute approximate surface area is 137 Å². The number of carbonyl (C=O) groups excluding carboxylic acids is 1. The van der Waals surface area contributed by atoms with Gasteiger partial charge in [-0.3, -0.25) is 0 Å². The zero-order chi connectivity index (χ0) is 16.2. The highest BCUT2D eigenvalue weighted by atomic mass is 32.1. The maximum atomic E-state index is 11.9. The van der Waals surface area contributed by atoms with Crippen molar-refractivity contribution in [2.75, 3.05) is 0 Å². The molecule has 124 valence electrons. The van der Waals surface area contributed by atoms with E-state index in [9.17, 15) is 4.79 Å². The molecule has 0 bridgehead atoms. The smallest absolute Gasteiger partial charge is 0.407 e. The normalized spacial score (nSPS) is 22.4. The fourth-order valence-electron chi connectivity index (χ4n) is 2.81. The minimum Gasteiger partial charge on any atom is -0.444 e. The van der Waals surface area contributed by atoms with Crippen LogP contribution < -0.4 is 10.6 Å². The van der Waals surface area contributed by atoms with Gasteiger partial charge in [0.2, 0.25) is 0 Å². The number of hydrogen-bond donors (Lipinski definition) is 2. The predicted octanol–water partition coefficient (Wildman–Crippen LogP) is 3.98. The summed E-state index contributed by atoms with van der Waals surface area (Å²) in [6.45, 7) is 8.72. The number of hydrogen-bond acceptors (Lipinski definition) is 4. The first kappa shape index (κ1) is 17.3. The molecular weight excluding hydrogens is 296 g/mol. The Balaban J connectivity index is 1.75. The maximum Gasteiger partial charge on any atom is 0.407 e. The summed E-state index contributed by atoms with van der Waals surface area (Å²) in [6, 6.07) is 5.03. The number of carbonyl (C=O) groups is 1. The molecule has 2 unspecified atom stereocenters. The molecule has 1 aromatic rings. The Morgan fingerprint density at radius 1 is 1.32 bits per heavy atom. The van der Waals surface area contributed by atoms with E-state index >= 15 is 0 Å². The van der Waals surface area contributed by atoms with Gasteiger partial charge < -0.3 is 15.4 Å². The van der Waals surface area contributed by atoms with Gasteiger partial charge in [-0.1, -0.05) is 0 Å². The maximum absolute atomic E-state index is 11.9. The van der Waals surface area contributed by atoms with Crippen molar-refractivity contribution in [1.29, 1.82) is 0 Å². The van der Waals surface area contributed by atoms with Crippen molar-refractivity contribution in [1.82, 2.24) is 10.6 Å². The summed E-state index contributed by atoms with van der Waals surface area (Å²) in [5.74, 6) is 0. The van der Waals surface area contributed by atoms with Gasteiger partial charge >= 0.3 is 6.09 Å². The number of alkyl carbamates (subject to hydrolysis) is 1. The zero-order valence-electron chi connectivity index (χ0n) is 14.1. The van der Waals surface area contributed by atoms with Crippen molar-refractivity contribution < 1.29 is 9.53 Å². The molecule has 0 saturated heterocycles. The number of nitrogens with one attached hydrogen (secondary N) is 2. The molecule has 1 aliphatic rings. The number of rotatable bonds is 4. The first-order valence-electron chi connectivity index (χ1n) is 8.10. The first-order valence-corrected chi connectivity index (χ1v) is 8.92. The summed E-state index contributed by atoms with van der Waals surface area (Å²) in [7, 11) is 0. The lowest BCUT2D eigenvalue weighted by atomic mass is 9.91. The van der Waals surface area contributed by atoms with Gasteiger partial charge in [-0.05, 0) is 65.5 Å². The summed E-state index contributed by atoms with van der Waals surface area (Å²) in [4.78, 5) is 14.6. The number of amides is 1. The lowest BCUT2D eigenvalue weighted by Gasteiger charge is -2.31. The first-order chi connectivity index (χ1) is 10.3. The second kappa shape index (κ2) is 7.47. The van der Waals surface area contributed by atoms with E-state index in [4.69, 9.17) is 4.74 Å². The van der Waals surface area contributed by atoms with Crippen LogP contribution in [0.1, 0.15) is 56.2 Å². The second-order valence-electron chi connectivity index (χ2n) is 7.10. The monoisotopic (exact) mass is 324 g/mol. The minimum absolute atomic E-state index is 0.214. The third-order valence-electron chi connectivity index (χ3n) is 3.76. The van der Waals surface area contributed by atoms with Crippen LogP contribution in [-0.2, 0) is 11.3 Å². The molecule has 1 saturated carbocycles. The van der Waals surface area contributed by atoms with E-state index < -0.39 is 5.60 Å². The lowest BCUT2D eigenvalue weighted by Crippen LogP contribution is -2.45. The van der Waals surface area contributed by atoms with E-state index in [-0.39, 0.29) is 12.1 Å². The molecule has 0 spiro atoms. The molecule has 1 fully saturated rings. The van der Waals surface area contributed by atoms with Gasteiger partial charge in [0.05, 0.1) is 0 Å². The van der Waals surface area contributed by atoms with Gasteiger partial charge in [-0.15, -0.1) is 11.3 Å². The van der Waals surface area contributed by atoms with Crippen LogP contribution in [0.25, 0.3) is 0 Å². The molecule has 0 aliphatic heterocycles. The van der Waals surface area contributed by atoms with Gasteiger partial charge in [-0.25, -0.2) is 4.79 Å². The molecule has 22 heavy (non-hydrogen) atoms. The Kier molecular flexibility index (Phi) is 5.87. The van der Waals surface area contributed by atoms with Crippen LogP contribution in [0.5, 0.6) is 0 Å². The minimum atomic E-state index is -0.437. The summed E-state index contributed by atoms with van der Waals surface area (Å²) in [5, 5.41) is 6.63. The van der Waals surface area contributed by atoms with Crippen molar-refractivity contribution in [2.45, 2.75) is 77.6 Å². The molecule has 4 nitrogen and oxygen atoms in total. The predicted molar refractivity (Wildman–Crippen MR) is 91.3 cm³/mol. The van der Waals surface area contributed by atoms with Gasteiger partial charge in [0.25, 0.3) is 0 Å². The van der Waals surface area contributed by atoms with E-state index in [2.05, 4.69) is 29.7 Å². The van der Waals surface area contributed by atoms with Crippen LogP contribution in [-0.4, -0.2) is 23.8 Å². The molecular formula is C17H28N2O2S. The summed E-state index contributed by atoms with van der Waals surface area (Å²) >= 11 is 1.84. The molecule has 2 rings (SSSR count). The Bertz CT molecular complexity index is 493. The summed E-state index contributed by atoms with van der Waals surface area (Å²) in [5.41, 5.74) is -0.437. The van der Waals surface area contributed by atoms with E-state index in [0.717, 1.165) is 25.8 Å². The van der Waals surface area contributed by atoms with Crippen LogP contribution in [0.2, 0.25) is 0 Å². The molecule has 1 aromatic heterocycles. The molecule has 2 N–H and O–H groups in total. The molecule has 2 atom stereocenters. The summed E-state index contributed by atoms with van der Waals surface area (Å²) < 4.78 is 5.34. The number of thiophene rings is 1. The van der Waals surface area contributed by atoms with Crippen LogP contribution in [0.15, 0.2) is 12.1 Å². The quantitative estimate of drug-likeness (QED) is 0.880. The van der Waals surface area contributed by atoms with Crippen molar-refractivity contribution >= 4 is 17.4 Å². The highest BCUT2D eigenvalue weighted by Crippen LogP contribution is 2.21. The van der Waals surface area contributed by atoms with E-state index in [1.807, 2.05) is 32.1 Å². The molecule has 1 heterocycles. The Hall–Kier alpha value is -1.07. The van der Waals surface area contributed by atoms with Crippen molar-refractivity contribution in [3.05, 3.63) is 21.9 Å². The topological polar surface area (TPSA) is 50.4 Å². The van der Waals surface area contributed by atoms with Gasteiger partial charge in [0.15, 0.2) is 0 Å². The van der Waals surface area contributed by atoms with Crippen LogP contribution in [0, 0.1) is 6.92 Å². The second-order valence-corrected chi connectivity index (χ2v) is 8.47. The van der Waals surface area contributed by atoms with Crippen molar-refractivity contribution in [2.24, 2.45) is 0 Å². The highest BCUT2D eigenvalue weighted by Gasteiger charge is 2.25. The average Bonchev–Trinajstić information content (AvgIpc) is 2.80. The van der Waals surface area contributed by atoms with E-state index in [0.29, 0.717) is 6.04 Å². The van der Waals surface area contributed by atoms with Crippen LogP contribution in [0.4, 0.5) is 4.79 Å². The average molecular weight is 324 g/mol. The standard InChI is InChI=1S/C17H28N2O2S/c1-12-8-9-15(22-12)11-18-13-6-5-7-14(10-13)19-16(20)21-17(2,3)4/h8-9,13-14,18H,5-7,10-11H2,1-4H3,(H,19,20). The summed E-state index contributed by atoms with van der Waals surface area (Å²) in [6.07, 6.45) is 4.03. The van der Waals surface area contributed by atoms with Gasteiger partial charge in [0, 0.05) is 28.4 Å². The third-order valence-corrected chi connectivity index (χ3v) is 4.76. The Morgan fingerprint density at radius 2 is 2.05 bits per heavy atom. The fourth-order valence-corrected chi connectivity index (χ4v) is 3.65. The largest absolute Gasteiger partial charge is 0.444 e. The molecule has 0 aromatic carbocycles.